The summed E-state index contributed by atoms with van der Waals surface area (Å²) in [7, 11) is -0.770. The SMILES string of the molecule is CCCCC/C=C\C/C=C\C/C=C\C/C=C\CCCC(=O)OCC(COP(=O)(O)OCCN(C)C)OC(=O)CCC/C=C\C/C=C\C/C=C\CCCCCCCC. The summed E-state index contributed by atoms with van der Waals surface area (Å²) >= 11 is 0. The van der Waals surface area contributed by atoms with E-state index >= 15 is 0 Å². The molecule has 0 saturated carbocycles. The van der Waals surface area contributed by atoms with Gasteiger partial charge in [-0.3, -0.25) is 18.6 Å². The molecule has 0 aromatic carbocycles. The topological polar surface area (TPSA) is 112 Å². The second kappa shape index (κ2) is 41.4. The van der Waals surface area contributed by atoms with E-state index in [0.717, 1.165) is 44.9 Å². The van der Waals surface area contributed by atoms with E-state index in [4.69, 9.17) is 18.5 Å². The molecule has 0 aliphatic rings. The molecule has 0 bridgehead atoms. The number of nitrogens with zero attached hydrogens (tertiary/aromatic N) is 1. The molecule has 57 heavy (non-hydrogen) atoms. The van der Waals surface area contributed by atoms with Crippen LogP contribution in [0.4, 0.5) is 0 Å². The maximum atomic E-state index is 12.6. The Morgan fingerprint density at radius 3 is 1.44 bits per heavy atom. The smallest absolute Gasteiger partial charge is 0.462 e. The van der Waals surface area contributed by atoms with Crippen molar-refractivity contribution in [1.29, 1.82) is 0 Å². The molecular formula is C47H80NO8P. The van der Waals surface area contributed by atoms with Gasteiger partial charge in [0.05, 0.1) is 13.2 Å². The lowest BCUT2D eigenvalue weighted by molar-refractivity contribution is -0.161. The molecule has 0 aromatic rings. The summed E-state index contributed by atoms with van der Waals surface area (Å²) in [6.45, 7) is 4.14. The molecule has 0 rings (SSSR count). The Morgan fingerprint density at radius 1 is 0.544 bits per heavy atom. The van der Waals surface area contributed by atoms with Gasteiger partial charge in [-0.2, -0.15) is 0 Å². The number of ether oxygens (including phenoxy) is 2. The van der Waals surface area contributed by atoms with Crippen LogP contribution < -0.4 is 0 Å². The van der Waals surface area contributed by atoms with E-state index in [1.54, 1.807) is 4.90 Å². The minimum Gasteiger partial charge on any atom is -0.462 e. The lowest BCUT2D eigenvalue weighted by atomic mass is 10.1. The molecule has 0 fully saturated rings. The Bertz CT molecular complexity index is 1220. The zero-order valence-corrected chi connectivity index (χ0v) is 37.1. The molecule has 0 aromatic heterocycles. The fourth-order valence-corrected chi connectivity index (χ4v) is 6.02. The summed E-state index contributed by atoms with van der Waals surface area (Å²) in [6, 6.07) is 0. The van der Waals surface area contributed by atoms with Crippen LogP contribution in [0.5, 0.6) is 0 Å². The zero-order valence-electron chi connectivity index (χ0n) is 36.2. The van der Waals surface area contributed by atoms with Gasteiger partial charge in [0, 0.05) is 19.4 Å². The Balaban J connectivity index is 4.49. The Morgan fingerprint density at radius 2 is 0.947 bits per heavy atom. The van der Waals surface area contributed by atoms with Crippen LogP contribution in [0, 0.1) is 0 Å². The predicted molar refractivity (Wildman–Crippen MR) is 238 cm³/mol. The van der Waals surface area contributed by atoms with Gasteiger partial charge in [-0.1, -0.05) is 144 Å². The zero-order chi connectivity index (χ0) is 41.9. The maximum absolute atomic E-state index is 12.6. The van der Waals surface area contributed by atoms with Gasteiger partial charge in [-0.25, -0.2) is 4.57 Å². The highest BCUT2D eigenvalue weighted by Gasteiger charge is 2.26. The minimum absolute atomic E-state index is 0.0146. The summed E-state index contributed by atoms with van der Waals surface area (Å²) in [5.41, 5.74) is 0. The third-order valence-electron chi connectivity index (χ3n) is 8.67. The lowest BCUT2D eigenvalue weighted by Gasteiger charge is -2.20. The van der Waals surface area contributed by atoms with Crippen LogP contribution in [0.25, 0.3) is 0 Å². The van der Waals surface area contributed by atoms with Gasteiger partial charge in [0.25, 0.3) is 0 Å². The highest BCUT2D eigenvalue weighted by Crippen LogP contribution is 2.43. The summed E-state index contributed by atoms with van der Waals surface area (Å²) in [4.78, 5) is 37.0. The third-order valence-corrected chi connectivity index (χ3v) is 9.66. The lowest BCUT2D eigenvalue weighted by Crippen LogP contribution is -2.29. The Labute approximate surface area is 348 Å². The van der Waals surface area contributed by atoms with Crippen LogP contribution in [-0.2, 0) is 32.7 Å². The van der Waals surface area contributed by atoms with Gasteiger partial charge in [0.1, 0.15) is 6.61 Å². The van der Waals surface area contributed by atoms with Gasteiger partial charge in [-0.15, -0.1) is 0 Å². The molecule has 0 aliphatic heterocycles. The Hall–Kier alpha value is -2.81. The van der Waals surface area contributed by atoms with Gasteiger partial charge in [0.15, 0.2) is 6.10 Å². The number of likely N-dealkylation sites (N-methyl/N-ethyl adjacent to an activating group) is 1. The molecular weight excluding hydrogens is 737 g/mol. The number of phosphoric acid groups is 1. The number of hydrogen-bond acceptors (Lipinski definition) is 8. The van der Waals surface area contributed by atoms with Crippen molar-refractivity contribution < 1.29 is 37.6 Å². The number of unbranched alkanes of at least 4 members (excludes halogenated alkanes) is 11. The molecule has 0 amide bonds. The average molecular weight is 818 g/mol. The first-order chi connectivity index (χ1) is 27.7. The van der Waals surface area contributed by atoms with Crippen LogP contribution in [0.2, 0.25) is 0 Å². The van der Waals surface area contributed by atoms with Crippen molar-refractivity contribution >= 4 is 19.8 Å². The van der Waals surface area contributed by atoms with E-state index in [1.807, 2.05) is 26.2 Å². The van der Waals surface area contributed by atoms with Crippen molar-refractivity contribution in [3.8, 4) is 0 Å². The number of allylic oxidation sites excluding steroid dienone is 14. The number of hydrogen-bond donors (Lipinski definition) is 1. The molecule has 2 unspecified atom stereocenters. The Kier molecular flexibility index (Phi) is 39.3. The highest BCUT2D eigenvalue weighted by molar-refractivity contribution is 7.47. The quantitative estimate of drug-likeness (QED) is 0.0280. The van der Waals surface area contributed by atoms with E-state index in [0.29, 0.717) is 25.8 Å². The molecule has 326 valence electrons. The summed E-state index contributed by atoms with van der Waals surface area (Å²) in [6.07, 6.45) is 50.7. The second-order valence-corrected chi connectivity index (χ2v) is 16.0. The van der Waals surface area contributed by atoms with Crippen molar-refractivity contribution in [3.05, 3.63) is 85.1 Å². The van der Waals surface area contributed by atoms with Gasteiger partial charge in [-0.05, 0) is 97.6 Å². The number of carbonyl (C=O) groups excluding carboxylic acids is 2. The van der Waals surface area contributed by atoms with Gasteiger partial charge >= 0.3 is 19.8 Å². The van der Waals surface area contributed by atoms with Crippen molar-refractivity contribution in [3.63, 3.8) is 0 Å². The van der Waals surface area contributed by atoms with Crippen LogP contribution in [-0.4, -0.2) is 68.3 Å². The van der Waals surface area contributed by atoms with Gasteiger partial charge < -0.3 is 19.3 Å². The van der Waals surface area contributed by atoms with Crippen molar-refractivity contribution in [1.82, 2.24) is 4.90 Å². The molecule has 1 N–H and O–H groups in total. The third kappa shape index (κ3) is 42.6. The molecule has 0 spiro atoms. The fraction of sp³-hybridized carbons (Fsp3) is 0.660. The molecule has 0 aliphatic carbocycles. The summed E-state index contributed by atoms with van der Waals surface area (Å²) in [5.74, 6) is -0.938. The molecule has 2 atom stereocenters. The fourth-order valence-electron chi connectivity index (χ4n) is 5.28. The van der Waals surface area contributed by atoms with Crippen LogP contribution >= 0.6 is 7.82 Å². The van der Waals surface area contributed by atoms with Gasteiger partial charge in [0.2, 0.25) is 0 Å². The molecule has 0 radical (unpaired) electrons. The standard InChI is InChI=1S/C47H80NO8P/c1-5-7-9-11-13-15-17-19-21-23-25-27-29-31-33-35-37-39-46(49)53-43-45(44-55-57(51,52)54-42-41-48(3)4)56-47(50)40-38-36-34-32-30-28-26-24-22-20-18-16-14-12-10-8-6-2/h13,15,19-22,25-28,31-34,45H,5-12,14,16-18,23-24,29-30,35-44H2,1-4H3,(H,51,52)/b15-13-,21-19-,22-20-,27-25-,28-26-,33-31-,34-32-. The van der Waals surface area contributed by atoms with Crippen LogP contribution in [0.1, 0.15) is 155 Å². The number of esters is 2. The first-order valence-corrected chi connectivity index (χ1v) is 23.4. The van der Waals surface area contributed by atoms with E-state index in [9.17, 15) is 19.0 Å². The predicted octanol–water partition coefficient (Wildman–Crippen LogP) is 12.7. The average Bonchev–Trinajstić information content (AvgIpc) is 3.18. The largest absolute Gasteiger partial charge is 0.472 e. The first kappa shape index (κ1) is 54.2. The normalized spacial score (nSPS) is 14.2. The number of carbonyl (C=O) groups is 2. The number of rotatable bonds is 39. The monoisotopic (exact) mass is 818 g/mol. The molecule has 9 nitrogen and oxygen atoms in total. The van der Waals surface area contributed by atoms with E-state index < -0.39 is 32.5 Å². The highest BCUT2D eigenvalue weighted by atomic mass is 31.2. The summed E-state index contributed by atoms with van der Waals surface area (Å²) in [5, 5.41) is 0. The van der Waals surface area contributed by atoms with E-state index in [1.165, 1.54) is 64.2 Å². The first-order valence-electron chi connectivity index (χ1n) is 21.9. The maximum Gasteiger partial charge on any atom is 0.472 e. The number of phosphoric ester groups is 1. The second-order valence-electron chi connectivity index (χ2n) is 14.5. The van der Waals surface area contributed by atoms with Crippen molar-refractivity contribution in [2.24, 2.45) is 0 Å². The summed E-state index contributed by atoms with van der Waals surface area (Å²) < 4.78 is 33.3. The van der Waals surface area contributed by atoms with Crippen molar-refractivity contribution in [2.45, 2.75) is 161 Å². The van der Waals surface area contributed by atoms with Crippen molar-refractivity contribution in [2.75, 3.05) is 40.5 Å². The molecule has 10 heteroatoms. The van der Waals surface area contributed by atoms with E-state index in [2.05, 4.69) is 86.8 Å². The minimum atomic E-state index is -4.39. The molecule has 0 heterocycles. The van der Waals surface area contributed by atoms with Crippen LogP contribution in [0.3, 0.4) is 0 Å². The molecule has 0 saturated heterocycles. The van der Waals surface area contributed by atoms with E-state index in [-0.39, 0.29) is 26.1 Å². The van der Waals surface area contributed by atoms with Crippen LogP contribution in [0.15, 0.2) is 85.1 Å².